The standard InChI is InChI=1S/C24H21F3N4O4S/c25-16-10-28-24(29-11-16)31-12-20(14-2-1-3-18(8-14)35-23(26)27)19-5-4-15(9-21(19)31)22(32)30-17-6-7-36(33,34)13-17/h1-5,8-12,17,23,33-34H,6-7,13H2,(H,30,32). The third-order valence-corrected chi connectivity index (χ3v) is 7.68. The van der Waals surface area contributed by atoms with Gasteiger partial charge in [-0.15, -0.1) is 0 Å². The van der Waals surface area contributed by atoms with Crippen LogP contribution < -0.4 is 10.1 Å². The minimum Gasteiger partial charge on any atom is -0.435 e. The van der Waals surface area contributed by atoms with Gasteiger partial charge in [-0.25, -0.2) is 14.4 Å². The Labute approximate surface area is 205 Å². The van der Waals surface area contributed by atoms with Crippen LogP contribution in [0.5, 0.6) is 5.75 Å². The average Bonchev–Trinajstić information content (AvgIpc) is 3.38. The number of carbonyl (C=O) groups is 1. The molecular weight excluding hydrogens is 497 g/mol. The van der Waals surface area contributed by atoms with Crippen molar-refractivity contribution in [1.82, 2.24) is 19.9 Å². The zero-order valence-corrected chi connectivity index (χ0v) is 19.5. The van der Waals surface area contributed by atoms with Crippen LogP contribution in [0.2, 0.25) is 0 Å². The molecule has 8 nitrogen and oxygen atoms in total. The molecule has 1 saturated heterocycles. The highest BCUT2D eigenvalue weighted by molar-refractivity contribution is 8.24. The van der Waals surface area contributed by atoms with E-state index in [0.717, 1.165) is 12.4 Å². The van der Waals surface area contributed by atoms with Gasteiger partial charge in [0.15, 0.2) is 5.82 Å². The van der Waals surface area contributed by atoms with Gasteiger partial charge < -0.3 is 10.1 Å². The summed E-state index contributed by atoms with van der Waals surface area (Å²) in [5, 5.41) is 3.50. The Bertz CT molecular complexity index is 1430. The Morgan fingerprint density at radius 3 is 2.64 bits per heavy atom. The third kappa shape index (κ3) is 5.01. The van der Waals surface area contributed by atoms with Crippen LogP contribution in [-0.4, -0.2) is 53.7 Å². The number of aromatic nitrogens is 3. The van der Waals surface area contributed by atoms with Gasteiger partial charge in [-0.05, 0) is 36.2 Å². The second-order valence-electron chi connectivity index (χ2n) is 8.38. The number of amides is 1. The predicted octanol–water partition coefficient (Wildman–Crippen LogP) is 5.08. The van der Waals surface area contributed by atoms with Gasteiger partial charge in [0.25, 0.3) is 5.91 Å². The first-order chi connectivity index (χ1) is 17.2. The molecular formula is C24H21F3N4O4S. The highest BCUT2D eigenvalue weighted by Crippen LogP contribution is 2.45. The topological polar surface area (TPSA) is 110 Å². The minimum absolute atomic E-state index is 0.0139. The molecule has 1 fully saturated rings. The number of ether oxygens (including phenoxy) is 1. The Morgan fingerprint density at radius 1 is 1.17 bits per heavy atom. The van der Waals surface area contributed by atoms with Crippen LogP contribution in [-0.2, 0) is 0 Å². The summed E-state index contributed by atoms with van der Waals surface area (Å²) in [6.45, 7) is -2.97. The number of fused-ring (bicyclic) bond motifs is 1. The molecule has 5 rings (SSSR count). The van der Waals surface area contributed by atoms with E-state index in [9.17, 15) is 27.1 Å². The van der Waals surface area contributed by atoms with Crippen molar-refractivity contribution in [1.29, 1.82) is 0 Å². The van der Waals surface area contributed by atoms with Crippen molar-refractivity contribution in [3.63, 3.8) is 0 Å². The largest absolute Gasteiger partial charge is 0.435 e. The summed E-state index contributed by atoms with van der Waals surface area (Å²) in [6.07, 6.45) is 4.17. The number of nitrogens with zero attached hydrogens (tertiary/aromatic N) is 3. The number of hydrogen-bond acceptors (Lipinski definition) is 6. The smallest absolute Gasteiger partial charge is 0.387 e. The molecule has 0 radical (unpaired) electrons. The van der Waals surface area contributed by atoms with Gasteiger partial charge in [0.1, 0.15) is 5.75 Å². The van der Waals surface area contributed by atoms with Crippen LogP contribution in [0.15, 0.2) is 61.1 Å². The van der Waals surface area contributed by atoms with Gasteiger partial charge in [-0.3, -0.25) is 18.5 Å². The second kappa shape index (κ2) is 9.45. The summed E-state index contributed by atoms with van der Waals surface area (Å²) in [5.41, 5.74) is 2.05. The highest BCUT2D eigenvalue weighted by atomic mass is 32.3. The number of hydrogen-bond donors (Lipinski definition) is 3. The van der Waals surface area contributed by atoms with E-state index < -0.39 is 23.0 Å². The first-order valence-electron chi connectivity index (χ1n) is 10.9. The Kier molecular flexibility index (Phi) is 6.33. The summed E-state index contributed by atoms with van der Waals surface area (Å²) < 4.78 is 64.7. The van der Waals surface area contributed by atoms with Crippen LogP contribution in [0.4, 0.5) is 13.2 Å². The predicted molar refractivity (Wildman–Crippen MR) is 129 cm³/mol. The molecule has 4 aromatic rings. The number of carbonyl (C=O) groups excluding carboxylic acids is 1. The van der Waals surface area contributed by atoms with Crippen molar-refractivity contribution in [3.8, 4) is 22.8 Å². The molecule has 3 heterocycles. The fraction of sp³-hybridized carbons (Fsp3) is 0.208. The fourth-order valence-electron chi connectivity index (χ4n) is 4.24. The zero-order valence-electron chi connectivity index (χ0n) is 18.6. The van der Waals surface area contributed by atoms with E-state index in [0.29, 0.717) is 34.0 Å². The van der Waals surface area contributed by atoms with Crippen molar-refractivity contribution < 1.29 is 31.8 Å². The molecule has 1 atom stereocenters. The van der Waals surface area contributed by atoms with Gasteiger partial charge in [-0.1, -0.05) is 18.2 Å². The molecule has 1 unspecified atom stereocenters. The van der Waals surface area contributed by atoms with Crippen molar-refractivity contribution in [2.24, 2.45) is 0 Å². The zero-order chi connectivity index (χ0) is 25.4. The lowest BCUT2D eigenvalue weighted by atomic mass is 10.0. The van der Waals surface area contributed by atoms with Crippen molar-refractivity contribution in [2.75, 3.05) is 11.5 Å². The van der Waals surface area contributed by atoms with Gasteiger partial charge in [0, 0.05) is 34.5 Å². The Morgan fingerprint density at radius 2 is 1.94 bits per heavy atom. The summed E-state index contributed by atoms with van der Waals surface area (Å²) in [4.78, 5) is 21.0. The molecule has 12 heteroatoms. The Hall–Kier alpha value is -3.61. The van der Waals surface area contributed by atoms with Crippen LogP contribution in [0.25, 0.3) is 28.0 Å². The van der Waals surface area contributed by atoms with Crippen molar-refractivity contribution in [2.45, 2.75) is 19.1 Å². The normalized spacial score (nSPS) is 17.9. The summed E-state index contributed by atoms with van der Waals surface area (Å²) in [5.74, 6) is -0.507. The minimum atomic E-state index is -2.97. The quantitative estimate of drug-likeness (QED) is 0.328. The van der Waals surface area contributed by atoms with Crippen LogP contribution >= 0.6 is 10.6 Å². The molecule has 1 amide bonds. The van der Waals surface area contributed by atoms with Gasteiger partial charge in [0.05, 0.1) is 23.7 Å². The van der Waals surface area contributed by atoms with E-state index in [1.807, 2.05) is 0 Å². The molecule has 3 N–H and O–H groups in total. The van der Waals surface area contributed by atoms with Crippen LogP contribution in [0.3, 0.4) is 0 Å². The van der Waals surface area contributed by atoms with Crippen LogP contribution in [0, 0.1) is 5.82 Å². The molecule has 2 aromatic heterocycles. The third-order valence-electron chi connectivity index (χ3n) is 5.86. The molecule has 0 saturated carbocycles. The molecule has 0 spiro atoms. The number of nitrogens with one attached hydrogen (secondary N) is 1. The SMILES string of the molecule is O=C(NC1CCS(O)(O)C1)c1ccc2c(-c3cccc(OC(F)F)c3)cn(-c3ncc(F)cn3)c2c1. The van der Waals surface area contributed by atoms with E-state index in [-0.39, 0.29) is 35.2 Å². The maximum absolute atomic E-state index is 13.5. The molecule has 2 aromatic carbocycles. The Balaban J connectivity index is 1.57. The summed E-state index contributed by atoms with van der Waals surface area (Å²) >= 11 is 0. The van der Waals surface area contributed by atoms with Crippen LogP contribution in [0.1, 0.15) is 16.8 Å². The van der Waals surface area contributed by atoms with E-state index in [1.54, 1.807) is 41.1 Å². The summed E-state index contributed by atoms with van der Waals surface area (Å²) in [6, 6.07) is 10.8. The lowest BCUT2D eigenvalue weighted by Crippen LogP contribution is -2.35. The van der Waals surface area contributed by atoms with Gasteiger partial charge >= 0.3 is 6.61 Å². The second-order valence-corrected chi connectivity index (χ2v) is 10.7. The number of benzene rings is 2. The van der Waals surface area contributed by atoms with Gasteiger partial charge in [-0.2, -0.15) is 19.4 Å². The van der Waals surface area contributed by atoms with E-state index in [1.165, 1.54) is 12.1 Å². The van der Waals surface area contributed by atoms with Crippen molar-refractivity contribution in [3.05, 3.63) is 72.4 Å². The molecule has 188 valence electrons. The number of alkyl halides is 2. The maximum Gasteiger partial charge on any atom is 0.387 e. The lowest BCUT2D eigenvalue weighted by Gasteiger charge is -2.26. The average molecular weight is 519 g/mol. The van der Waals surface area contributed by atoms with Crippen molar-refractivity contribution >= 4 is 27.4 Å². The fourth-order valence-corrected chi connectivity index (χ4v) is 5.96. The first-order valence-corrected chi connectivity index (χ1v) is 12.8. The molecule has 36 heavy (non-hydrogen) atoms. The molecule has 0 bridgehead atoms. The van der Waals surface area contributed by atoms with Gasteiger partial charge in [0.2, 0.25) is 5.95 Å². The lowest BCUT2D eigenvalue weighted by molar-refractivity contribution is -0.0498. The van der Waals surface area contributed by atoms with E-state index in [4.69, 9.17) is 0 Å². The van der Waals surface area contributed by atoms with E-state index >= 15 is 0 Å². The monoisotopic (exact) mass is 518 g/mol. The molecule has 0 aliphatic carbocycles. The van der Waals surface area contributed by atoms with E-state index in [2.05, 4.69) is 20.0 Å². The number of halogens is 3. The summed E-state index contributed by atoms with van der Waals surface area (Å²) in [7, 11) is -2.67. The molecule has 1 aliphatic heterocycles. The number of rotatable bonds is 6. The maximum atomic E-state index is 13.5. The first kappa shape index (κ1) is 24.1. The highest BCUT2D eigenvalue weighted by Gasteiger charge is 2.29. The molecule has 1 aliphatic rings.